The van der Waals surface area contributed by atoms with E-state index in [4.69, 9.17) is 9.57 Å². The Balaban J connectivity index is 1.45. The van der Waals surface area contributed by atoms with Crippen molar-refractivity contribution < 1.29 is 19.5 Å². The molecule has 0 amide bonds. The molecular formula is C31H28N4O4S. The zero-order valence-electron chi connectivity index (χ0n) is 21.8. The predicted octanol–water partition coefficient (Wildman–Crippen LogP) is 5.47. The van der Waals surface area contributed by atoms with Crippen LogP contribution in [0.25, 0.3) is 0 Å². The maximum absolute atomic E-state index is 12.1. The highest BCUT2D eigenvalue weighted by Gasteiger charge is 2.39. The summed E-state index contributed by atoms with van der Waals surface area (Å²) in [5.74, 6) is -0.185. The first-order valence-corrected chi connectivity index (χ1v) is 13.6. The van der Waals surface area contributed by atoms with E-state index in [0.717, 1.165) is 28.0 Å². The van der Waals surface area contributed by atoms with Gasteiger partial charge in [-0.25, -0.2) is 4.79 Å². The van der Waals surface area contributed by atoms with Crippen molar-refractivity contribution in [3.8, 4) is 5.75 Å². The minimum Gasteiger partial charge on any atom is -0.497 e. The van der Waals surface area contributed by atoms with Gasteiger partial charge in [0.1, 0.15) is 23.6 Å². The number of hydrogen-bond acceptors (Lipinski definition) is 8. The third-order valence-corrected chi connectivity index (χ3v) is 7.26. The fourth-order valence-electron chi connectivity index (χ4n) is 4.47. The van der Waals surface area contributed by atoms with Crippen LogP contribution in [-0.2, 0) is 21.8 Å². The van der Waals surface area contributed by atoms with Crippen molar-refractivity contribution >= 4 is 29.3 Å². The molecule has 1 aliphatic rings. The number of benzene rings is 4. The summed E-state index contributed by atoms with van der Waals surface area (Å²) in [4.78, 5) is 17.5. The third-order valence-electron chi connectivity index (χ3n) is 6.44. The summed E-state index contributed by atoms with van der Waals surface area (Å²) < 4.78 is 6.78. The smallest absolute Gasteiger partial charge is 0.359 e. The predicted molar refractivity (Wildman–Crippen MR) is 157 cm³/mol. The van der Waals surface area contributed by atoms with Crippen LogP contribution in [0.4, 0.5) is 0 Å². The highest BCUT2D eigenvalue weighted by atomic mass is 32.2. The fraction of sp³-hybridized carbons (Fsp3) is 0.129. The normalized spacial score (nSPS) is 13.6. The van der Waals surface area contributed by atoms with Gasteiger partial charge in [0.25, 0.3) is 0 Å². The van der Waals surface area contributed by atoms with Crippen molar-refractivity contribution in [1.29, 1.82) is 0 Å². The maximum Gasteiger partial charge on any atom is 0.359 e. The summed E-state index contributed by atoms with van der Waals surface area (Å²) in [5.41, 5.74) is 6.70. The molecule has 0 radical (unpaired) electrons. The molecule has 0 spiro atoms. The number of ether oxygens (including phenoxy) is 1. The lowest BCUT2D eigenvalue weighted by atomic mass is 9.77. The number of hydrazone groups is 1. The Morgan fingerprint density at radius 2 is 1.43 bits per heavy atom. The van der Waals surface area contributed by atoms with Crippen LogP contribution >= 0.6 is 11.9 Å². The molecule has 0 fully saturated rings. The van der Waals surface area contributed by atoms with Crippen LogP contribution in [0.15, 0.2) is 126 Å². The fourth-order valence-corrected chi connectivity index (χ4v) is 5.27. The van der Waals surface area contributed by atoms with Gasteiger partial charge in [-0.1, -0.05) is 108 Å². The summed E-state index contributed by atoms with van der Waals surface area (Å²) in [5, 5.41) is 18.4. The van der Waals surface area contributed by atoms with Crippen LogP contribution in [0, 0.1) is 0 Å². The molecule has 0 saturated heterocycles. The van der Waals surface area contributed by atoms with E-state index in [-0.39, 0.29) is 12.3 Å². The Kier molecular flexibility index (Phi) is 8.44. The van der Waals surface area contributed by atoms with E-state index < -0.39 is 11.5 Å². The molecule has 9 heteroatoms. The SMILES string of the molecule is COc1ccc(CON=C(C(=O)O)C2=NN(NC(c3ccccc3)(c3ccccc3)c3ccccc3)SC2)cc1. The molecule has 1 heterocycles. The molecule has 8 nitrogen and oxygen atoms in total. The number of nitrogens with one attached hydrogen (secondary N) is 1. The first-order valence-electron chi connectivity index (χ1n) is 12.6. The van der Waals surface area contributed by atoms with Gasteiger partial charge in [-0.15, -0.1) is 0 Å². The van der Waals surface area contributed by atoms with E-state index in [0.29, 0.717) is 11.5 Å². The number of carboxylic acids is 1. The average Bonchev–Trinajstić information content (AvgIpc) is 3.47. The number of rotatable bonds is 11. The van der Waals surface area contributed by atoms with Gasteiger partial charge >= 0.3 is 5.97 Å². The molecule has 0 atom stereocenters. The second-order valence-electron chi connectivity index (χ2n) is 8.92. The largest absolute Gasteiger partial charge is 0.497 e. The van der Waals surface area contributed by atoms with Crippen LogP contribution in [-0.4, -0.2) is 39.9 Å². The van der Waals surface area contributed by atoms with Crippen molar-refractivity contribution in [3.63, 3.8) is 0 Å². The molecule has 0 aromatic heterocycles. The minimum absolute atomic E-state index is 0.113. The Hall–Kier alpha value is -4.60. The molecule has 5 rings (SSSR count). The number of nitrogens with zero attached hydrogens (tertiary/aromatic N) is 3. The van der Waals surface area contributed by atoms with Crippen LogP contribution in [0.3, 0.4) is 0 Å². The zero-order valence-corrected chi connectivity index (χ0v) is 22.6. The van der Waals surface area contributed by atoms with Crippen molar-refractivity contribution in [2.24, 2.45) is 10.3 Å². The summed E-state index contributed by atoms with van der Waals surface area (Å²) in [6.45, 7) is 0.113. The van der Waals surface area contributed by atoms with Crippen LogP contribution in [0.1, 0.15) is 22.3 Å². The third kappa shape index (κ3) is 5.85. The van der Waals surface area contributed by atoms with Gasteiger partial charge in [-0.05, 0) is 46.3 Å². The van der Waals surface area contributed by atoms with E-state index in [9.17, 15) is 9.90 Å². The van der Waals surface area contributed by atoms with Crippen LogP contribution in [0.5, 0.6) is 5.75 Å². The Morgan fingerprint density at radius 1 is 0.900 bits per heavy atom. The number of hydrogen-bond donors (Lipinski definition) is 2. The molecular weight excluding hydrogens is 524 g/mol. The first kappa shape index (κ1) is 27.0. The van der Waals surface area contributed by atoms with Gasteiger partial charge in [-0.3, -0.25) is 0 Å². The quantitative estimate of drug-likeness (QED) is 0.110. The van der Waals surface area contributed by atoms with Gasteiger partial charge in [0, 0.05) is 0 Å². The lowest BCUT2D eigenvalue weighted by Gasteiger charge is -2.38. The van der Waals surface area contributed by atoms with Crippen molar-refractivity contribution in [2.45, 2.75) is 12.1 Å². The molecule has 1 aliphatic heterocycles. The van der Waals surface area contributed by atoms with E-state index in [1.54, 1.807) is 23.8 Å². The van der Waals surface area contributed by atoms with Gasteiger partial charge in [0.15, 0.2) is 0 Å². The molecule has 0 saturated carbocycles. The van der Waals surface area contributed by atoms with Crippen molar-refractivity contribution in [1.82, 2.24) is 9.95 Å². The molecule has 0 aliphatic carbocycles. The molecule has 4 aromatic carbocycles. The van der Waals surface area contributed by atoms with Crippen LogP contribution in [0.2, 0.25) is 0 Å². The minimum atomic E-state index is -1.21. The summed E-state index contributed by atoms with van der Waals surface area (Å²) in [6.07, 6.45) is 0. The van der Waals surface area contributed by atoms with E-state index in [2.05, 4.69) is 52.1 Å². The van der Waals surface area contributed by atoms with Gasteiger partial charge < -0.3 is 14.7 Å². The Morgan fingerprint density at radius 3 is 1.90 bits per heavy atom. The second kappa shape index (κ2) is 12.5. The highest BCUT2D eigenvalue weighted by Crippen LogP contribution is 2.38. The Bertz CT molecular complexity index is 1380. The number of carbonyl (C=O) groups is 1. The number of oxime groups is 1. The number of carboxylic acid groups (broad SMARTS) is 1. The Labute approximate surface area is 237 Å². The van der Waals surface area contributed by atoms with E-state index >= 15 is 0 Å². The molecule has 4 aromatic rings. The topological polar surface area (TPSA) is 95.8 Å². The monoisotopic (exact) mass is 552 g/mol. The highest BCUT2D eigenvalue weighted by molar-refractivity contribution is 7.98. The number of methoxy groups -OCH3 is 1. The van der Waals surface area contributed by atoms with Crippen LogP contribution < -0.4 is 10.2 Å². The molecule has 2 N–H and O–H groups in total. The standard InChI is InChI=1S/C31H28N4O4S/c1-38-27-19-17-23(18-20-27)21-39-33-29(30(36)37)28-22-40-35(32-28)34-31(24-11-5-2-6-12-24,25-13-7-3-8-14-25)26-15-9-4-10-16-26/h2-20,34H,21-22H2,1H3,(H,36,37). The molecule has 0 bridgehead atoms. The summed E-state index contributed by atoms with van der Waals surface area (Å²) >= 11 is 1.35. The van der Waals surface area contributed by atoms with Crippen molar-refractivity contribution in [2.75, 3.05) is 12.9 Å². The lowest BCUT2D eigenvalue weighted by molar-refractivity contribution is -0.129. The summed E-state index contributed by atoms with van der Waals surface area (Å²) in [7, 11) is 1.59. The first-order chi connectivity index (χ1) is 19.6. The van der Waals surface area contributed by atoms with E-state index in [1.807, 2.05) is 66.7 Å². The van der Waals surface area contributed by atoms with Gasteiger partial charge in [-0.2, -0.15) is 15.1 Å². The summed E-state index contributed by atoms with van der Waals surface area (Å²) in [6, 6.07) is 37.6. The number of aliphatic carboxylic acids is 1. The number of hydrazine groups is 1. The molecule has 0 unspecified atom stereocenters. The maximum atomic E-state index is 12.1. The van der Waals surface area contributed by atoms with Gasteiger partial charge in [0.2, 0.25) is 5.71 Å². The molecule has 40 heavy (non-hydrogen) atoms. The molecule has 202 valence electrons. The average molecular weight is 553 g/mol. The van der Waals surface area contributed by atoms with E-state index in [1.165, 1.54) is 11.9 Å². The zero-order chi connectivity index (χ0) is 27.8. The second-order valence-corrected chi connectivity index (χ2v) is 9.81. The lowest BCUT2D eigenvalue weighted by Crippen LogP contribution is -2.49. The van der Waals surface area contributed by atoms with Gasteiger partial charge in [0.05, 0.1) is 12.9 Å². The van der Waals surface area contributed by atoms with Crippen molar-refractivity contribution in [3.05, 3.63) is 138 Å².